The minimum atomic E-state index is -0.0616. The van der Waals surface area contributed by atoms with Gasteiger partial charge >= 0.3 is 0 Å². The van der Waals surface area contributed by atoms with Crippen LogP contribution >= 0.6 is 0 Å². The highest BCUT2D eigenvalue weighted by Gasteiger charge is 2.15. The van der Waals surface area contributed by atoms with Crippen LogP contribution in [0.1, 0.15) is 34.7 Å². The SMILES string of the molecule is Cc1ccccc1C(N)c1ccc2c(c1)CCCO2. The van der Waals surface area contributed by atoms with Crippen molar-refractivity contribution in [3.05, 3.63) is 64.7 Å². The van der Waals surface area contributed by atoms with E-state index in [2.05, 4.69) is 37.3 Å². The van der Waals surface area contributed by atoms with Crippen molar-refractivity contribution in [3.8, 4) is 5.75 Å². The quantitative estimate of drug-likeness (QED) is 0.890. The van der Waals surface area contributed by atoms with Crippen molar-refractivity contribution in [2.75, 3.05) is 6.61 Å². The van der Waals surface area contributed by atoms with E-state index in [1.54, 1.807) is 0 Å². The van der Waals surface area contributed by atoms with Gasteiger partial charge in [-0.25, -0.2) is 0 Å². The lowest BCUT2D eigenvalue weighted by Crippen LogP contribution is -2.15. The zero-order chi connectivity index (χ0) is 13.2. The van der Waals surface area contributed by atoms with Gasteiger partial charge in [-0.15, -0.1) is 0 Å². The first kappa shape index (κ1) is 12.2. The maximum Gasteiger partial charge on any atom is 0.122 e. The third kappa shape index (κ3) is 2.36. The lowest BCUT2D eigenvalue weighted by molar-refractivity contribution is 0.288. The van der Waals surface area contributed by atoms with Crippen LogP contribution in [0.2, 0.25) is 0 Å². The molecule has 2 N–H and O–H groups in total. The molecule has 0 amide bonds. The van der Waals surface area contributed by atoms with E-state index in [1.165, 1.54) is 22.3 Å². The number of nitrogens with two attached hydrogens (primary N) is 1. The highest BCUT2D eigenvalue weighted by molar-refractivity contribution is 5.43. The Kier molecular flexibility index (Phi) is 3.26. The summed E-state index contributed by atoms with van der Waals surface area (Å²) in [6.07, 6.45) is 2.18. The predicted molar refractivity (Wildman–Crippen MR) is 77.5 cm³/mol. The molecular weight excluding hydrogens is 234 g/mol. The molecule has 2 heteroatoms. The minimum absolute atomic E-state index is 0.0616. The Bertz CT molecular complexity index is 592. The number of fused-ring (bicyclic) bond motifs is 1. The van der Waals surface area contributed by atoms with E-state index in [9.17, 15) is 0 Å². The maximum absolute atomic E-state index is 6.41. The van der Waals surface area contributed by atoms with Crippen LogP contribution in [0.4, 0.5) is 0 Å². The molecule has 0 fully saturated rings. The molecule has 1 heterocycles. The number of hydrogen-bond acceptors (Lipinski definition) is 2. The molecule has 0 aromatic heterocycles. The van der Waals surface area contributed by atoms with E-state index < -0.39 is 0 Å². The van der Waals surface area contributed by atoms with E-state index in [1.807, 2.05) is 12.1 Å². The van der Waals surface area contributed by atoms with E-state index in [-0.39, 0.29) is 6.04 Å². The van der Waals surface area contributed by atoms with Gasteiger partial charge < -0.3 is 10.5 Å². The average molecular weight is 253 g/mol. The lowest BCUT2D eigenvalue weighted by Gasteiger charge is -2.21. The minimum Gasteiger partial charge on any atom is -0.493 e. The van der Waals surface area contributed by atoms with E-state index in [0.717, 1.165) is 25.2 Å². The standard InChI is InChI=1S/C17H19NO/c1-12-5-2-3-7-15(12)17(18)14-8-9-16-13(11-14)6-4-10-19-16/h2-3,5,7-9,11,17H,4,6,10,18H2,1H3. The molecule has 0 spiro atoms. The lowest BCUT2D eigenvalue weighted by atomic mass is 9.93. The van der Waals surface area contributed by atoms with Crippen LogP contribution in [-0.2, 0) is 6.42 Å². The Morgan fingerprint density at radius 3 is 2.84 bits per heavy atom. The third-order valence-corrected chi connectivity index (χ3v) is 3.82. The first-order chi connectivity index (χ1) is 9.25. The molecule has 0 saturated carbocycles. The van der Waals surface area contributed by atoms with Crippen LogP contribution < -0.4 is 10.5 Å². The van der Waals surface area contributed by atoms with Gasteiger partial charge in [-0.1, -0.05) is 36.4 Å². The molecule has 2 aromatic carbocycles. The number of ether oxygens (including phenoxy) is 1. The Balaban J connectivity index is 1.96. The molecule has 0 radical (unpaired) electrons. The summed E-state index contributed by atoms with van der Waals surface area (Å²) in [6.45, 7) is 2.94. The molecule has 0 aliphatic carbocycles. The van der Waals surface area contributed by atoms with Crippen molar-refractivity contribution in [2.45, 2.75) is 25.8 Å². The molecule has 3 rings (SSSR count). The summed E-state index contributed by atoms with van der Waals surface area (Å²) < 4.78 is 5.65. The number of rotatable bonds is 2. The fourth-order valence-corrected chi connectivity index (χ4v) is 2.69. The maximum atomic E-state index is 6.41. The molecule has 0 saturated heterocycles. The topological polar surface area (TPSA) is 35.2 Å². The molecule has 98 valence electrons. The zero-order valence-corrected chi connectivity index (χ0v) is 11.2. The summed E-state index contributed by atoms with van der Waals surface area (Å²) in [6, 6.07) is 14.6. The van der Waals surface area contributed by atoms with Crippen LogP contribution in [0.5, 0.6) is 5.75 Å². The fraction of sp³-hybridized carbons (Fsp3) is 0.294. The Morgan fingerprint density at radius 2 is 2.00 bits per heavy atom. The summed E-state index contributed by atoms with van der Waals surface area (Å²) in [7, 11) is 0. The van der Waals surface area contributed by atoms with Crippen molar-refractivity contribution in [3.63, 3.8) is 0 Å². The summed E-state index contributed by atoms with van der Waals surface area (Å²) in [5, 5.41) is 0. The Labute approximate surface area is 114 Å². The average Bonchev–Trinajstić information content (AvgIpc) is 2.46. The molecular formula is C17H19NO. The molecule has 0 bridgehead atoms. The highest BCUT2D eigenvalue weighted by Crippen LogP contribution is 2.30. The number of benzene rings is 2. The summed E-state index contributed by atoms with van der Waals surface area (Å²) in [5.41, 5.74) is 11.3. The van der Waals surface area contributed by atoms with Crippen molar-refractivity contribution in [2.24, 2.45) is 5.73 Å². The number of hydrogen-bond donors (Lipinski definition) is 1. The predicted octanol–water partition coefficient (Wildman–Crippen LogP) is 3.37. The first-order valence-corrected chi connectivity index (χ1v) is 6.82. The molecule has 1 atom stereocenters. The van der Waals surface area contributed by atoms with Gasteiger partial charge in [0, 0.05) is 0 Å². The van der Waals surface area contributed by atoms with Crippen LogP contribution in [-0.4, -0.2) is 6.61 Å². The summed E-state index contributed by atoms with van der Waals surface area (Å²) >= 11 is 0. The largest absolute Gasteiger partial charge is 0.493 e. The smallest absolute Gasteiger partial charge is 0.122 e. The van der Waals surface area contributed by atoms with Crippen molar-refractivity contribution in [1.82, 2.24) is 0 Å². The second-order valence-corrected chi connectivity index (χ2v) is 5.15. The first-order valence-electron chi connectivity index (χ1n) is 6.82. The van der Waals surface area contributed by atoms with Crippen molar-refractivity contribution >= 4 is 0 Å². The molecule has 19 heavy (non-hydrogen) atoms. The van der Waals surface area contributed by atoms with Crippen LogP contribution in [0.3, 0.4) is 0 Å². The van der Waals surface area contributed by atoms with Crippen LogP contribution in [0, 0.1) is 6.92 Å². The Morgan fingerprint density at radius 1 is 1.16 bits per heavy atom. The van der Waals surface area contributed by atoms with Gasteiger partial charge in [0.2, 0.25) is 0 Å². The summed E-state index contributed by atoms with van der Waals surface area (Å²) in [5.74, 6) is 1.02. The third-order valence-electron chi connectivity index (χ3n) is 3.82. The molecule has 1 aliphatic heterocycles. The van der Waals surface area contributed by atoms with E-state index in [0.29, 0.717) is 0 Å². The Hall–Kier alpha value is -1.80. The van der Waals surface area contributed by atoms with Crippen LogP contribution in [0.15, 0.2) is 42.5 Å². The fourth-order valence-electron chi connectivity index (χ4n) is 2.69. The van der Waals surface area contributed by atoms with E-state index >= 15 is 0 Å². The normalized spacial score (nSPS) is 15.5. The van der Waals surface area contributed by atoms with Gasteiger partial charge in [0.15, 0.2) is 0 Å². The van der Waals surface area contributed by atoms with Crippen LogP contribution in [0.25, 0.3) is 0 Å². The van der Waals surface area contributed by atoms with E-state index in [4.69, 9.17) is 10.5 Å². The van der Waals surface area contributed by atoms with Gasteiger partial charge in [0.05, 0.1) is 12.6 Å². The molecule has 2 aromatic rings. The van der Waals surface area contributed by atoms with Gasteiger partial charge in [-0.2, -0.15) is 0 Å². The molecule has 2 nitrogen and oxygen atoms in total. The monoisotopic (exact) mass is 253 g/mol. The van der Waals surface area contributed by atoms with Crippen molar-refractivity contribution < 1.29 is 4.74 Å². The van der Waals surface area contributed by atoms with Gasteiger partial charge in [0.25, 0.3) is 0 Å². The summed E-state index contributed by atoms with van der Waals surface area (Å²) in [4.78, 5) is 0. The number of aryl methyl sites for hydroxylation is 2. The zero-order valence-electron chi connectivity index (χ0n) is 11.2. The van der Waals surface area contributed by atoms with Gasteiger partial charge in [-0.3, -0.25) is 0 Å². The van der Waals surface area contributed by atoms with Gasteiger partial charge in [-0.05, 0) is 48.1 Å². The molecule has 1 aliphatic rings. The second kappa shape index (κ2) is 5.06. The van der Waals surface area contributed by atoms with Gasteiger partial charge in [0.1, 0.15) is 5.75 Å². The van der Waals surface area contributed by atoms with Crippen molar-refractivity contribution in [1.29, 1.82) is 0 Å². The highest BCUT2D eigenvalue weighted by atomic mass is 16.5. The second-order valence-electron chi connectivity index (χ2n) is 5.15. The molecule has 1 unspecified atom stereocenters.